The van der Waals surface area contributed by atoms with Crippen molar-refractivity contribution < 1.29 is 0 Å². The Balaban J connectivity index is 2.30. The summed E-state index contributed by atoms with van der Waals surface area (Å²) >= 11 is 6.39. The van der Waals surface area contributed by atoms with E-state index in [0.717, 1.165) is 18.0 Å². The summed E-state index contributed by atoms with van der Waals surface area (Å²) in [5.74, 6) is 0.377. The van der Waals surface area contributed by atoms with E-state index in [4.69, 9.17) is 11.6 Å². The first kappa shape index (κ1) is 15.1. The maximum atomic E-state index is 6.39. The molecule has 0 aliphatic carbocycles. The van der Waals surface area contributed by atoms with Crippen LogP contribution in [0.25, 0.3) is 0 Å². The molecule has 2 unspecified atom stereocenters. The summed E-state index contributed by atoms with van der Waals surface area (Å²) in [6, 6.07) is 19.0. The van der Waals surface area contributed by atoms with Crippen LogP contribution in [0.5, 0.6) is 0 Å². The van der Waals surface area contributed by atoms with Gasteiger partial charge in [-0.25, -0.2) is 0 Å². The fraction of sp³-hybridized carbons (Fsp3) is 0.333. The Hall–Kier alpha value is -1.31. The lowest BCUT2D eigenvalue weighted by Gasteiger charge is -2.27. The number of hydrogen-bond donors (Lipinski definition) is 1. The van der Waals surface area contributed by atoms with E-state index in [2.05, 4.69) is 61.6 Å². The van der Waals surface area contributed by atoms with Gasteiger partial charge in [-0.1, -0.05) is 74.0 Å². The van der Waals surface area contributed by atoms with Crippen molar-refractivity contribution in [1.82, 2.24) is 5.32 Å². The largest absolute Gasteiger partial charge is 0.309 e. The highest BCUT2D eigenvalue weighted by Crippen LogP contribution is 2.34. The van der Waals surface area contributed by atoms with Gasteiger partial charge in [0.25, 0.3) is 0 Å². The van der Waals surface area contributed by atoms with Crippen LogP contribution in [-0.4, -0.2) is 6.54 Å². The molecule has 0 aliphatic heterocycles. The van der Waals surface area contributed by atoms with E-state index in [1.165, 1.54) is 11.1 Å². The average molecular weight is 288 g/mol. The molecule has 20 heavy (non-hydrogen) atoms. The maximum absolute atomic E-state index is 6.39. The normalized spacial score (nSPS) is 13.9. The van der Waals surface area contributed by atoms with Gasteiger partial charge in [-0.05, 0) is 30.2 Å². The first-order valence-electron chi connectivity index (χ1n) is 7.26. The Bertz CT molecular complexity index is 524. The second-order valence-corrected chi connectivity index (χ2v) is 5.56. The maximum Gasteiger partial charge on any atom is 0.0454 e. The van der Waals surface area contributed by atoms with Gasteiger partial charge >= 0.3 is 0 Å². The van der Waals surface area contributed by atoms with E-state index in [9.17, 15) is 0 Å². The van der Waals surface area contributed by atoms with Crippen molar-refractivity contribution in [3.8, 4) is 0 Å². The summed E-state index contributed by atoms with van der Waals surface area (Å²) in [6.07, 6.45) is 1.11. The van der Waals surface area contributed by atoms with Crippen molar-refractivity contribution in [2.24, 2.45) is 0 Å². The molecular weight excluding hydrogens is 266 g/mol. The summed E-state index contributed by atoms with van der Waals surface area (Å²) in [5.41, 5.74) is 2.51. The molecule has 0 fully saturated rings. The van der Waals surface area contributed by atoms with Gasteiger partial charge in [0.1, 0.15) is 0 Å². The van der Waals surface area contributed by atoms with E-state index in [1.54, 1.807) is 0 Å². The van der Waals surface area contributed by atoms with Gasteiger partial charge in [0.2, 0.25) is 0 Å². The van der Waals surface area contributed by atoms with Gasteiger partial charge < -0.3 is 5.32 Å². The van der Waals surface area contributed by atoms with Gasteiger partial charge in [0, 0.05) is 17.0 Å². The van der Waals surface area contributed by atoms with E-state index >= 15 is 0 Å². The summed E-state index contributed by atoms with van der Waals surface area (Å²) in [5, 5.41) is 4.48. The minimum atomic E-state index is 0.242. The Morgan fingerprint density at radius 2 is 1.65 bits per heavy atom. The fourth-order valence-electron chi connectivity index (χ4n) is 2.53. The van der Waals surface area contributed by atoms with Crippen LogP contribution in [0, 0.1) is 0 Å². The van der Waals surface area contributed by atoms with Gasteiger partial charge in [-0.15, -0.1) is 0 Å². The molecule has 0 saturated heterocycles. The van der Waals surface area contributed by atoms with Crippen LogP contribution in [0.2, 0.25) is 5.02 Å². The van der Waals surface area contributed by atoms with Gasteiger partial charge in [0.15, 0.2) is 0 Å². The van der Waals surface area contributed by atoms with E-state index < -0.39 is 0 Å². The molecule has 2 aromatic rings. The predicted octanol–water partition coefficient (Wildman–Crippen LogP) is 5.18. The van der Waals surface area contributed by atoms with Crippen LogP contribution in [-0.2, 0) is 0 Å². The second-order valence-electron chi connectivity index (χ2n) is 5.15. The van der Waals surface area contributed by atoms with Gasteiger partial charge in [-0.3, -0.25) is 0 Å². The Morgan fingerprint density at radius 1 is 1.00 bits per heavy atom. The first-order chi connectivity index (χ1) is 9.74. The Morgan fingerprint density at radius 3 is 2.30 bits per heavy atom. The van der Waals surface area contributed by atoms with Crippen LogP contribution >= 0.6 is 11.6 Å². The monoisotopic (exact) mass is 287 g/mol. The third-order valence-electron chi connectivity index (χ3n) is 3.68. The molecule has 0 aromatic heterocycles. The zero-order chi connectivity index (χ0) is 14.4. The summed E-state index contributed by atoms with van der Waals surface area (Å²) in [7, 11) is 0. The predicted molar refractivity (Wildman–Crippen MR) is 87.3 cm³/mol. The molecule has 1 nitrogen and oxygen atoms in total. The van der Waals surface area contributed by atoms with Crippen LogP contribution in [0.3, 0.4) is 0 Å². The number of rotatable bonds is 6. The summed E-state index contributed by atoms with van der Waals surface area (Å²) in [6.45, 7) is 5.43. The van der Waals surface area contributed by atoms with E-state index in [-0.39, 0.29) is 6.04 Å². The molecule has 0 radical (unpaired) electrons. The summed E-state index contributed by atoms with van der Waals surface area (Å²) in [4.78, 5) is 0. The highest BCUT2D eigenvalue weighted by molar-refractivity contribution is 6.31. The Kier molecular flexibility index (Phi) is 5.63. The van der Waals surface area contributed by atoms with Crippen LogP contribution in [0.1, 0.15) is 43.4 Å². The van der Waals surface area contributed by atoms with Crippen molar-refractivity contribution in [3.05, 3.63) is 70.7 Å². The minimum Gasteiger partial charge on any atom is -0.309 e. The summed E-state index contributed by atoms with van der Waals surface area (Å²) < 4.78 is 0. The SMILES string of the molecule is CCCNC(c1ccccc1Cl)C(C)c1ccccc1. The smallest absolute Gasteiger partial charge is 0.0454 e. The molecule has 0 heterocycles. The highest BCUT2D eigenvalue weighted by atomic mass is 35.5. The molecular formula is C18H22ClN. The van der Waals surface area contributed by atoms with Crippen molar-refractivity contribution in [1.29, 1.82) is 0 Å². The Labute approximate surface area is 127 Å². The molecule has 2 heteroatoms. The molecule has 106 valence electrons. The van der Waals surface area contributed by atoms with Crippen LogP contribution in [0.4, 0.5) is 0 Å². The molecule has 0 aliphatic rings. The van der Waals surface area contributed by atoms with Crippen molar-refractivity contribution in [2.75, 3.05) is 6.54 Å². The lowest BCUT2D eigenvalue weighted by molar-refractivity contribution is 0.466. The molecule has 2 rings (SSSR count). The van der Waals surface area contributed by atoms with Crippen molar-refractivity contribution >= 4 is 11.6 Å². The highest BCUT2D eigenvalue weighted by Gasteiger charge is 2.21. The van der Waals surface area contributed by atoms with Crippen LogP contribution in [0.15, 0.2) is 54.6 Å². The standard InChI is InChI=1S/C18H22ClN/c1-3-13-20-18(16-11-7-8-12-17(16)19)14(2)15-9-5-4-6-10-15/h4-12,14,18,20H,3,13H2,1-2H3. The molecule has 0 spiro atoms. The first-order valence-corrected chi connectivity index (χ1v) is 7.64. The average Bonchev–Trinajstić information content (AvgIpc) is 2.50. The molecule has 2 atom stereocenters. The molecule has 1 N–H and O–H groups in total. The van der Waals surface area contributed by atoms with E-state index in [1.807, 2.05) is 12.1 Å². The van der Waals surface area contributed by atoms with E-state index in [0.29, 0.717) is 5.92 Å². The molecule has 0 amide bonds. The molecule has 0 saturated carbocycles. The molecule has 0 bridgehead atoms. The second kappa shape index (κ2) is 7.47. The topological polar surface area (TPSA) is 12.0 Å². The van der Waals surface area contributed by atoms with Crippen molar-refractivity contribution in [2.45, 2.75) is 32.2 Å². The van der Waals surface area contributed by atoms with Crippen molar-refractivity contribution in [3.63, 3.8) is 0 Å². The number of benzene rings is 2. The zero-order valence-electron chi connectivity index (χ0n) is 12.1. The fourth-order valence-corrected chi connectivity index (χ4v) is 2.79. The third-order valence-corrected chi connectivity index (χ3v) is 4.02. The number of hydrogen-bond acceptors (Lipinski definition) is 1. The number of halogens is 1. The zero-order valence-corrected chi connectivity index (χ0v) is 12.9. The van der Waals surface area contributed by atoms with Gasteiger partial charge in [-0.2, -0.15) is 0 Å². The third kappa shape index (κ3) is 3.62. The quantitative estimate of drug-likeness (QED) is 0.771. The van der Waals surface area contributed by atoms with Gasteiger partial charge in [0.05, 0.1) is 0 Å². The minimum absolute atomic E-state index is 0.242. The van der Waals surface area contributed by atoms with Crippen LogP contribution < -0.4 is 5.32 Å². The lowest BCUT2D eigenvalue weighted by atomic mass is 9.88. The number of nitrogens with one attached hydrogen (secondary N) is 1. The lowest BCUT2D eigenvalue weighted by Crippen LogP contribution is -2.27. The molecule has 2 aromatic carbocycles.